The number of esters is 2. The van der Waals surface area contributed by atoms with Gasteiger partial charge in [0.05, 0.1) is 36.3 Å². The zero-order valence-electron chi connectivity index (χ0n) is 20.9. The van der Waals surface area contributed by atoms with E-state index in [1.807, 2.05) is 22.4 Å². The first-order valence-electron chi connectivity index (χ1n) is 12.3. The van der Waals surface area contributed by atoms with Gasteiger partial charge in [-0.1, -0.05) is 48.2 Å². The summed E-state index contributed by atoms with van der Waals surface area (Å²) in [6, 6.07) is 6.76. The Bertz CT molecular complexity index is 1170. The van der Waals surface area contributed by atoms with Crippen LogP contribution < -0.4 is 0 Å². The molecule has 0 aliphatic carbocycles. The Morgan fingerprint density at radius 2 is 1.89 bits per heavy atom. The molecule has 37 heavy (non-hydrogen) atoms. The maximum absolute atomic E-state index is 13.3. The average molecular weight is 544 g/mol. The number of likely N-dealkylation sites (tertiary alicyclic amines) is 1. The fraction of sp³-hybridized carbons (Fsp3) is 0.407. The van der Waals surface area contributed by atoms with E-state index in [1.165, 1.54) is 17.8 Å². The molecule has 1 amide bonds. The largest absolute Gasteiger partial charge is 0.466 e. The van der Waals surface area contributed by atoms with Crippen molar-refractivity contribution in [3.05, 3.63) is 69.9 Å². The number of carbonyl (C=O) groups is 3. The third-order valence-electron chi connectivity index (χ3n) is 6.54. The molecule has 0 spiro atoms. The van der Waals surface area contributed by atoms with E-state index < -0.39 is 12.0 Å². The minimum Gasteiger partial charge on any atom is -0.466 e. The topological polar surface area (TPSA) is 88.5 Å². The molecule has 0 unspecified atom stereocenters. The summed E-state index contributed by atoms with van der Waals surface area (Å²) in [6.07, 6.45) is 2.84. The smallest absolute Gasteiger partial charge is 0.338 e. The number of rotatable bonds is 8. The van der Waals surface area contributed by atoms with Gasteiger partial charge >= 0.3 is 11.9 Å². The zero-order valence-corrected chi connectivity index (χ0v) is 22.5. The van der Waals surface area contributed by atoms with Gasteiger partial charge in [0.25, 0.3) is 0 Å². The second kappa shape index (κ2) is 12.0. The van der Waals surface area contributed by atoms with Crippen LogP contribution in [0.4, 0.5) is 0 Å². The summed E-state index contributed by atoms with van der Waals surface area (Å²) in [5.74, 6) is -0.879. The first-order valence-corrected chi connectivity index (χ1v) is 13.5. The number of benzene rings is 1. The third kappa shape index (κ3) is 5.93. The van der Waals surface area contributed by atoms with Gasteiger partial charge in [-0.2, -0.15) is 0 Å². The highest BCUT2D eigenvalue weighted by atomic mass is 35.5. The summed E-state index contributed by atoms with van der Waals surface area (Å²) in [4.78, 5) is 46.9. The molecule has 196 valence electrons. The summed E-state index contributed by atoms with van der Waals surface area (Å²) >= 11 is 7.57. The maximum Gasteiger partial charge on any atom is 0.338 e. The van der Waals surface area contributed by atoms with Crippen LogP contribution in [0.15, 0.2) is 64.3 Å². The molecule has 0 saturated carbocycles. The number of halogens is 1. The second-order valence-corrected chi connectivity index (χ2v) is 10.2. The Balaban J connectivity index is 1.55. The molecule has 1 saturated heterocycles. The monoisotopic (exact) mass is 543 g/mol. The predicted octanol–water partition coefficient (Wildman–Crippen LogP) is 4.84. The van der Waals surface area contributed by atoms with Crippen molar-refractivity contribution < 1.29 is 23.9 Å². The van der Waals surface area contributed by atoms with Gasteiger partial charge in [-0.15, -0.1) is 0 Å². The van der Waals surface area contributed by atoms with Crippen molar-refractivity contribution in [2.24, 2.45) is 10.9 Å². The molecule has 10 heteroatoms. The quantitative estimate of drug-likeness (QED) is 0.342. The van der Waals surface area contributed by atoms with Crippen molar-refractivity contribution in [3.8, 4) is 0 Å². The summed E-state index contributed by atoms with van der Waals surface area (Å²) < 4.78 is 10.5. The lowest BCUT2D eigenvalue weighted by Gasteiger charge is -2.37. The van der Waals surface area contributed by atoms with Gasteiger partial charge in [-0.3, -0.25) is 9.59 Å². The molecule has 3 aliphatic heterocycles. The van der Waals surface area contributed by atoms with Gasteiger partial charge in [-0.25, -0.2) is 9.79 Å². The predicted molar refractivity (Wildman–Crippen MR) is 144 cm³/mol. The van der Waals surface area contributed by atoms with Gasteiger partial charge in [0.1, 0.15) is 6.61 Å². The van der Waals surface area contributed by atoms with E-state index in [1.54, 1.807) is 30.9 Å². The van der Waals surface area contributed by atoms with Crippen LogP contribution in [0.5, 0.6) is 0 Å². The van der Waals surface area contributed by atoms with Crippen molar-refractivity contribution in [1.82, 2.24) is 9.80 Å². The Labute approximate surface area is 226 Å². The van der Waals surface area contributed by atoms with Gasteiger partial charge < -0.3 is 19.3 Å². The van der Waals surface area contributed by atoms with Crippen LogP contribution in [0.25, 0.3) is 0 Å². The molecule has 4 rings (SSSR count). The van der Waals surface area contributed by atoms with Crippen molar-refractivity contribution in [2.75, 3.05) is 26.3 Å². The normalized spacial score (nSPS) is 19.7. The molecule has 0 aromatic heterocycles. The van der Waals surface area contributed by atoms with Crippen LogP contribution in [0, 0.1) is 5.92 Å². The minimum absolute atomic E-state index is 0.0349. The van der Waals surface area contributed by atoms with E-state index in [4.69, 9.17) is 21.1 Å². The molecule has 1 atom stereocenters. The van der Waals surface area contributed by atoms with E-state index in [-0.39, 0.29) is 30.8 Å². The van der Waals surface area contributed by atoms with Crippen LogP contribution >= 0.6 is 23.4 Å². The number of carbonyl (C=O) groups excluding carboxylic acids is 3. The molecule has 0 radical (unpaired) electrons. The molecule has 1 aromatic carbocycles. The lowest BCUT2D eigenvalue weighted by atomic mass is 9.93. The molecule has 1 aromatic rings. The van der Waals surface area contributed by atoms with Crippen LogP contribution in [0.1, 0.15) is 44.7 Å². The van der Waals surface area contributed by atoms with Gasteiger partial charge in [0.2, 0.25) is 5.91 Å². The number of aliphatic imine (C=N–C) groups is 1. The number of amides is 1. The molecule has 1 fully saturated rings. The Morgan fingerprint density at radius 1 is 1.19 bits per heavy atom. The summed E-state index contributed by atoms with van der Waals surface area (Å²) in [6.45, 7) is 8.64. The van der Waals surface area contributed by atoms with Gasteiger partial charge in [0.15, 0.2) is 5.17 Å². The second-order valence-electron chi connectivity index (χ2n) is 8.92. The molecule has 0 N–H and O–H groups in total. The Hall–Kier alpha value is -3.04. The Morgan fingerprint density at radius 3 is 2.54 bits per heavy atom. The highest BCUT2D eigenvalue weighted by Crippen LogP contribution is 2.45. The number of ether oxygens (including phenoxy) is 2. The van der Waals surface area contributed by atoms with Crippen molar-refractivity contribution in [2.45, 2.75) is 39.2 Å². The minimum atomic E-state index is -0.523. The number of allylic oxidation sites excluding steroid dienone is 1. The van der Waals surface area contributed by atoms with Crippen LogP contribution in [-0.2, 0) is 23.9 Å². The Kier molecular flexibility index (Phi) is 8.76. The highest BCUT2D eigenvalue weighted by molar-refractivity contribution is 8.16. The number of piperidine rings is 1. The van der Waals surface area contributed by atoms with Crippen molar-refractivity contribution >= 4 is 46.4 Å². The van der Waals surface area contributed by atoms with E-state index in [9.17, 15) is 14.4 Å². The lowest BCUT2D eigenvalue weighted by molar-refractivity contribution is -0.151. The number of fused-ring (bicyclic) bond motifs is 1. The standard InChI is InChI=1S/C27H30ClN3O5S/c1-4-14-36-26(34)23-17(3)29-27-31(24(23)18-6-8-20(28)9-7-18)21(16-37-27)15-22(32)30-12-10-19(11-13-30)25(33)35-5-2/h4,6-9,16,19,24H,1,5,10-15H2,2-3H3/t24-/m0/s1. The molecular formula is C27H30ClN3O5S. The molecule has 8 nitrogen and oxygen atoms in total. The third-order valence-corrected chi connectivity index (χ3v) is 7.68. The average Bonchev–Trinajstić information content (AvgIpc) is 3.29. The SMILES string of the molecule is C=CCOC(=O)C1=C(C)N=C2SC=C(CC(=O)N3CCC(C(=O)OCC)CC3)N2[C@H]1c1ccc(Cl)cc1. The summed E-state index contributed by atoms with van der Waals surface area (Å²) in [7, 11) is 0. The van der Waals surface area contributed by atoms with Crippen molar-refractivity contribution in [1.29, 1.82) is 0 Å². The summed E-state index contributed by atoms with van der Waals surface area (Å²) in [5.41, 5.74) is 2.55. The van der Waals surface area contributed by atoms with E-state index in [2.05, 4.69) is 11.6 Å². The maximum atomic E-state index is 13.3. The zero-order chi connectivity index (χ0) is 26.5. The first-order chi connectivity index (χ1) is 17.8. The summed E-state index contributed by atoms with van der Waals surface area (Å²) in [5, 5.41) is 3.19. The molecular weight excluding hydrogens is 514 g/mol. The van der Waals surface area contributed by atoms with E-state index in [0.29, 0.717) is 54.0 Å². The van der Waals surface area contributed by atoms with Gasteiger partial charge in [-0.05, 0) is 49.8 Å². The number of hydrogen-bond donors (Lipinski definition) is 0. The first kappa shape index (κ1) is 27.0. The molecule has 3 aliphatic rings. The fourth-order valence-electron chi connectivity index (χ4n) is 4.70. The fourth-order valence-corrected chi connectivity index (χ4v) is 5.79. The van der Waals surface area contributed by atoms with Crippen LogP contribution in [0.2, 0.25) is 5.02 Å². The number of nitrogens with zero attached hydrogens (tertiary/aromatic N) is 3. The van der Waals surface area contributed by atoms with Gasteiger partial charge in [0, 0.05) is 23.8 Å². The van der Waals surface area contributed by atoms with Crippen molar-refractivity contribution in [3.63, 3.8) is 0 Å². The van der Waals surface area contributed by atoms with Crippen LogP contribution in [0.3, 0.4) is 0 Å². The number of thioether (sulfide) groups is 1. The molecule has 0 bridgehead atoms. The van der Waals surface area contributed by atoms with Crippen LogP contribution in [-0.4, -0.2) is 59.1 Å². The van der Waals surface area contributed by atoms with E-state index in [0.717, 1.165) is 11.3 Å². The lowest BCUT2D eigenvalue weighted by Crippen LogP contribution is -2.42. The number of hydrogen-bond acceptors (Lipinski definition) is 8. The molecule has 3 heterocycles. The van der Waals surface area contributed by atoms with E-state index >= 15 is 0 Å². The highest BCUT2D eigenvalue weighted by Gasteiger charge is 2.41. The number of amidine groups is 1.